The zero-order valence-corrected chi connectivity index (χ0v) is 10.4. The van der Waals surface area contributed by atoms with Crippen LogP contribution >= 0.6 is 0 Å². The molecule has 1 heterocycles. The van der Waals surface area contributed by atoms with Crippen LogP contribution in [0.2, 0.25) is 0 Å². The maximum Gasteiger partial charge on any atom is 0.179 e. The Morgan fingerprint density at radius 3 is 2.81 bits per heavy atom. The van der Waals surface area contributed by atoms with Gasteiger partial charge in [-0.1, -0.05) is 12.1 Å². The summed E-state index contributed by atoms with van der Waals surface area (Å²) >= 11 is 0. The molecule has 1 aliphatic heterocycles. The molecule has 0 spiro atoms. The van der Waals surface area contributed by atoms with Crippen molar-refractivity contribution in [3.8, 4) is 0 Å². The predicted molar refractivity (Wildman–Crippen MR) is 64.2 cm³/mol. The molecule has 2 rings (SSSR count). The SMILES string of the molecule is Cc1cccc2c1C(CC(C)N)CS2(=O)=O. The zero-order chi connectivity index (χ0) is 11.9. The number of nitrogens with two attached hydrogens (primary N) is 1. The number of fused-ring (bicyclic) bond motifs is 1. The number of rotatable bonds is 2. The minimum atomic E-state index is -3.08. The maximum atomic E-state index is 12.0. The number of hydrogen-bond donors (Lipinski definition) is 1. The predicted octanol–water partition coefficient (Wildman–Crippen LogP) is 1.60. The summed E-state index contributed by atoms with van der Waals surface area (Å²) < 4.78 is 23.9. The fraction of sp³-hybridized carbons (Fsp3) is 0.500. The molecule has 1 aromatic carbocycles. The maximum absolute atomic E-state index is 12.0. The van der Waals surface area contributed by atoms with E-state index in [0.29, 0.717) is 4.90 Å². The van der Waals surface area contributed by atoms with Gasteiger partial charge in [0.1, 0.15) is 0 Å². The lowest BCUT2D eigenvalue weighted by Crippen LogP contribution is -2.19. The van der Waals surface area contributed by atoms with E-state index in [1.165, 1.54) is 0 Å². The summed E-state index contributed by atoms with van der Waals surface area (Å²) in [6.07, 6.45) is 0.733. The first kappa shape index (κ1) is 11.6. The van der Waals surface area contributed by atoms with Crippen LogP contribution in [0.1, 0.15) is 30.4 Å². The third-order valence-electron chi connectivity index (χ3n) is 3.10. The van der Waals surface area contributed by atoms with Gasteiger partial charge in [-0.15, -0.1) is 0 Å². The van der Waals surface area contributed by atoms with Gasteiger partial charge >= 0.3 is 0 Å². The van der Waals surface area contributed by atoms with Crippen molar-refractivity contribution in [2.24, 2.45) is 5.73 Å². The fourth-order valence-corrected chi connectivity index (χ4v) is 4.48. The summed E-state index contributed by atoms with van der Waals surface area (Å²) in [7, 11) is -3.08. The van der Waals surface area contributed by atoms with Crippen molar-refractivity contribution in [3.63, 3.8) is 0 Å². The first-order valence-electron chi connectivity index (χ1n) is 5.49. The molecule has 4 heteroatoms. The molecule has 16 heavy (non-hydrogen) atoms. The summed E-state index contributed by atoms with van der Waals surface area (Å²) in [6, 6.07) is 5.51. The van der Waals surface area contributed by atoms with E-state index < -0.39 is 9.84 Å². The number of hydrogen-bond acceptors (Lipinski definition) is 3. The number of benzene rings is 1. The molecule has 88 valence electrons. The molecule has 2 atom stereocenters. The van der Waals surface area contributed by atoms with Gasteiger partial charge in [-0.3, -0.25) is 0 Å². The van der Waals surface area contributed by atoms with Crippen LogP contribution in [-0.4, -0.2) is 20.2 Å². The van der Waals surface area contributed by atoms with Crippen LogP contribution in [0.3, 0.4) is 0 Å². The summed E-state index contributed by atoms with van der Waals surface area (Å²) in [5, 5.41) is 0. The van der Waals surface area contributed by atoms with Crippen molar-refractivity contribution in [2.45, 2.75) is 37.1 Å². The molecule has 3 nitrogen and oxygen atoms in total. The third kappa shape index (κ3) is 1.87. The van der Waals surface area contributed by atoms with Crippen LogP contribution in [0.15, 0.2) is 23.1 Å². The smallest absolute Gasteiger partial charge is 0.179 e. The third-order valence-corrected chi connectivity index (χ3v) is 4.97. The lowest BCUT2D eigenvalue weighted by atomic mass is 9.91. The Morgan fingerprint density at radius 2 is 2.19 bits per heavy atom. The van der Waals surface area contributed by atoms with Crippen molar-refractivity contribution in [1.29, 1.82) is 0 Å². The quantitative estimate of drug-likeness (QED) is 0.852. The van der Waals surface area contributed by atoms with E-state index >= 15 is 0 Å². The van der Waals surface area contributed by atoms with Gasteiger partial charge in [0, 0.05) is 12.0 Å². The molecule has 0 amide bonds. The minimum Gasteiger partial charge on any atom is -0.328 e. The lowest BCUT2D eigenvalue weighted by molar-refractivity contribution is 0.575. The topological polar surface area (TPSA) is 60.2 Å². The molecule has 0 aliphatic carbocycles. The van der Waals surface area contributed by atoms with E-state index in [4.69, 9.17) is 5.73 Å². The molecule has 0 bridgehead atoms. The molecule has 2 N–H and O–H groups in total. The number of aryl methyl sites for hydroxylation is 1. The molecule has 1 aliphatic rings. The molecule has 0 saturated heterocycles. The second kappa shape index (κ2) is 3.86. The second-order valence-corrected chi connectivity index (χ2v) is 6.68. The highest BCUT2D eigenvalue weighted by Crippen LogP contribution is 2.39. The van der Waals surface area contributed by atoms with Crippen LogP contribution in [0.5, 0.6) is 0 Å². The van der Waals surface area contributed by atoms with Crippen molar-refractivity contribution < 1.29 is 8.42 Å². The Morgan fingerprint density at radius 1 is 1.50 bits per heavy atom. The average Bonchev–Trinajstić information content (AvgIpc) is 2.38. The minimum absolute atomic E-state index is 0.0331. The Hall–Kier alpha value is -0.870. The van der Waals surface area contributed by atoms with Crippen molar-refractivity contribution >= 4 is 9.84 Å². The van der Waals surface area contributed by atoms with Crippen LogP contribution in [-0.2, 0) is 9.84 Å². The molecule has 0 aromatic heterocycles. The van der Waals surface area contributed by atoms with E-state index in [0.717, 1.165) is 17.5 Å². The Labute approximate surface area is 96.6 Å². The van der Waals surface area contributed by atoms with Gasteiger partial charge in [-0.2, -0.15) is 0 Å². The van der Waals surface area contributed by atoms with Gasteiger partial charge in [0.2, 0.25) is 0 Å². The average molecular weight is 239 g/mol. The Balaban J connectivity index is 2.52. The van der Waals surface area contributed by atoms with Gasteiger partial charge in [-0.05, 0) is 37.5 Å². The summed E-state index contributed by atoms with van der Waals surface area (Å²) in [5.41, 5.74) is 7.82. The normalized spacial score (nSPS) is 24.1. The van der Waals surface area contributed by atoms with Gasteiger partial charge in [0.25, 0.3) is 0 Å². The van der Waals surface area contributed by atoms with Crippen molar-refractivity contribution in [3.05, 3.63) is 29.3 Å². The van der Waals surface area contributed by atoms with Gasteiger partial charge in [0.05, 0.1) is 10.6 Å². The number of sulfone groups is 1. The standard InChI is InChI=1S/C12H17NO2S/c1-8-4-3-5-11-12(8)10(6-9(2)13)7-16(11,14)15/h3-5,9-10H,6-7,13H2,1-2H3. The first-order chi connectivity index (χ1) is 7.42. The van der Waals surface area contributed by atoms with Crippen LogP contribution in [0.4, 0.5) is 0 Å². The van der Waals surface area contributed by atoms with E-state index in [-0.39, 0.29) is 17.7 Å². The summed E-state index contributed by atoms with van der Waals surface area (Å²) in [4.78, 5) is 0.512. The van der Waals surface area contributed by atoms with Crippen molar-refractivity contribution in [1.82, 2.24) is 0 Å². The Bertz CT molecular complexity index is 506. The fourth-order valence-electron chi connectivity index (χ4n) is 2.52. The van der Waals surface area contributed by atoms with Gasteiger partial charge in [-0.25, -0.2) is 8.42 Å². The second-order valence-electron chi connectivity index (χ2n) is 4.68. The highest BCUT2D eigenvalue weighted by atomic mass is 32.2. The molecular weight excluding hydrogens is 222 g/mol. The zero-order valence-electron chi connectivity index (χ0n) is 9.60. The van der Waals surface area contributed by atoms with Crippen LogP contribution < -0.4 is 5.73 Å². The summed E-state index contributed by atoms with van der Waals surface area (Å²) in [6.45, 7) is 3.89. The highest BCUT2D eigenvalue weighted by molar-refractivity contribution is 7.91. The van der Waals surface area contributed by atoms with E-state index in [9.17, 15) is 8.42 Å². The summed E-state index contributed by atoms with van der Waals surface area (Å²) in [5.74, 6) is 0.288. The largest absolute Gasteiger partial charge is 0.328 e. The van der Waals surface area contributed by atoms with E-state index in [2.05, 4.69) is 0 Å². The van der Waals surface area contributed by atoms with Crippen LogP contribution in [0, 0.1) is 6.92 Å². The molecule has 0 fully saturated rings. The molecular formula is C12H17NO2S. The monoisotopic (exact) mass is 239 g/mol. The van der Waals surface area contributed by atoms with Gasteiger partial charge < -0.3 is 5.73 Å². The first-order valence-corrected chi connectivity index (χ1v) is 7.15. The van der Waals surface area contributed by atoms with Crippen molar-refractivity contribution in [2.75, 3.05) is 5.75 Å². The van der Waals surface area contributed by atoms with Gasteiger partial charge in [0.15, 0.2) is 9.84 Å². The molecule has 2 unspecified atom stereocenters. The molecule has 1 aromatic rings. The Kier molecular flexibility index (Phi) is 2.80. The lowest BCUT2D eigenvalue weighted by Gasteiger charge is -2.14. The van der Waals surface area contributed by atoms with E-state index in [1.807, 2.05) is 19.9 Å². The molecule has 0 radical (unpaired) electrons. The van der Waals surface area contributed by atoms with Crippen LogP contribution in [0.25, 0.3) is 0 Å². The highest BCUT2D eigenvalue weighted by Gasteiger charge is 2.35. The molecule has 0 saturated carbocycles. The van der Waals surface area contributed by atoms with E-state index in [1.54, 1.807) is 12.1 Å².